The number of benzene rings is 2. The van der Waals surface area contributed by atoms with Crippen LogP contribution >= 0.6 is 0 Å². The van der Waals surface area contributed by atoms with Crippen LogP contribution in [0.2, 0.25) is 0 Å². The Labute approximate surface area is 145 Å². The summed E-state index contributed by atoms with van der Waals surface area (Å²) in [5.41, 5.74) is 3.59. The average Bonchev–Trinajstić information content (AvgIpc) is 2.57. The molecule has 0 amide bonds. The van der Waals surface area contributed by atoms with Gasteiger partial charge in [0.1, 0.15) is 17.2 Å². The van der Waals surface area contributed by atoms with Crippen LogP contribution in [0.3, 0.4) is 0 Å². The van der Waals surface area contributed by atoms with Crippen LogP contribution in [-0.4, -0.2) is 19.3 Å². The Kier molecular flexibility index (Phi) is 6.13. The van der Waals surface area contributed by atoms with Crippen LogP contribution in [0.15, 0.2) is 36.4 Å². The smallest absolute Gasteiger partial charge is 0.125 e. The minimum atomic E-state index is 0.237. The van der Waals surface area contributed by atoms with Gasteiger partial charge in [0.05, 0.1) is 14.2 Å². The van der Waals surface area contributed by atoms with Gasteiger partial charge in [-0.15, -0.1) is 0 Å². The number of ether oxygens (including phenoxy) is 2. The van der Waals surface area contributed by atoms with E-state index in [1.165, 1.54) is 11.1 Å². The molecule has 0 fully saturated rings. The molecule has 2 rings (SSSR count). The summed E-state index contributed by atoms with van der Waals surface area (Å²) in [5, 5.41) is 9.59. The standard InChI is InChI=1S/C21H28O3/c1-14-6-7-17(20(10-14)23-4)11-15(2)16(3)12-18-8-9-19(22)13-21(18)24-5/h6-10,13,15-16,22H,11-12H2,1-5H3/t15-,16-/m1/s1. The molecule has 1 N–H and O–H groups in total. The topological polar surface area (TPSA) is 38.7 Å². The second-order valence-corrected chi connectivity index (χ2v) is 6.67. The van der Waals surface area contributed by atoms with Gasteiger partial charge < -0.3 is 14.6 Å². The Balaban J connectivity index is 2.09. The maximum Gasteiger partial charge on any atom is 0.125 e. The molecule has 0 saturated heterocycles. The van der Waals surface area contributed by atoms with E-state index in [2.05, 4.69) is 39.0 Å². The third-order valence-electron chi connectivity index (χ3n) is 4.77. The van der Waals surface area contributed by atoms with Crippen molar-refractivity contribution in [2.45, 2.75) is 33.6 Å². The number of aromatic hydroxyl groups is 1. The van der Waals surface area contributed by atoms with Gasteiger partial charge in [0, 0.05) is 6.07 Å². The maximum atomic E-state index is 9.59. The molecule has 3 nitrogen and oxygen atoms in total. The second kappa shape index (κ2) is 8.09. The van der Waals surface area contributed by atoms with E-state index in [1.807, 2.05) is 6.07 Å². The average molecular weight is 328 g/mol. The van der Waals surface area contributed by atoms with Gasteiger partial charge in [0.25, 0.3) is 0 Å². The molecular formula is C21H28O3. The predicted molar refractivity (Wildman–Crippen MR) is 98.1 cm³/mol. The van der Waals surface area contributed by atoms with E-state index >= 15 is 0 Å². The van der Waals surface area contributed by atoms with Crippen LogP contribution in [0.5, 0.6) is 17.2 Å². The molecule has 0 aliphatic carbocycles. The highest BCUT2D eigenvalue weighted by molar-refractivity contribution is 5.40. The van der Waals surface area contributed by atoms with Gasteiger partial charge in [-0.3, -0.25) is 0 Å². The van der Waals surface area contributed by atoms with Gasteiger partial charge in [-0.2, -0.15) is 0 Å². The van der Waals surface area contributed by atoms with Gasteiger partial charge in [0.2, 0.25) is 0 Å². The van der Waals surface area contributed by atoms with Crippen molar-refractivity contribution in [3.63, 3.8) is 0 Å². The normalized spacial score (nSPS) is 13.4. The molecule has 24 heavy (non-hydrogen) atoms. The molecule has 2 aromatic carbocycles. The zero-order chi connectivity index (χ0) is 17.7. The van der Waals surface area contributed by atoms with E-state index in [0.29, 0.717) is 11.8 Å². The summed E-state index contributed by atoms with van der Waals surface area (Å²) in [4.78, 5) is 0. The van der Waals surface area contributed by atoms with Crippen molar-refractivity contribution in [3.05, 3.63) is 53.1 Å². The van der Waals surface area contributed by atoms with E-state index in [-0.39, 0.29) is 5.75 Å². The van der Waals surface area contributed by atoms with Crippen molar-refractivity contribution in [2.24, 2.45) is 11.8 Å². The lowest BCUT2D eigenvalue weighted by Gasteiger charge is -2.22. The van der Waals surface area contributed by atoms with Crippen molar-refractivity contribution in [1.29, 1.82) is 0 Å². The molecule has 0 aliphatic heterocycles. The number of hydrogen-bond donors (Lipinski definition) is 1. The first-order valence-corrected chi connectivity index (χ1v) is 8.44. The zero-order valence-electron chi connectivity index (χ0n) is 15.3. The van der Waals surface area contributed by atoms with Crippen molar-refractivity contribution >= 4 is 0 Å². The fourth-order valence-electron chi connectivity index (χ4n) is 3.02. The van der Waals surface area contributed by atoms with Gasteiger partial charge in [-0.1, -0.05) is 32.0 Å². The molecule has 130 valence electrons. The van der Waals surface area contributed by atoms with Gasteiger partial charge in [0.15, 0.2) is 0 Å². The molecule has 3 heteroatoms. The first kappa shape index (κ1) is 18.2. The van der Waals surface area contributed by atoms with Gasteiger partial charge >= 0.3 is 0 Å². The lowest BCUT2D eigenvalue weighted by molar-refractivity contribution is 0.358. The van der Waals surface area contributed by atoms with E-state index in [1.54, 1.807) is 26.4 Å². The summed E-state index contributed by atoms with van der Waals surface area (Å²) in [6, 6.07) is 11.7. The molecule has 0 radical (unpaired) electrons. The summed E-state index contributed by atoms with van der Waals surface area (Å²) in [6.45, 7) is 6.62. The zero-order valence-corrected chi connectivity index (χ0v) is 15.3. The molecule has 2 aromatic rings. The fourth-order valence-corrected chi connectivity index (χ4v) is 3.02. The summed E-state index contributed by atoms with van der Waals surface area (Å²) < 4.78 is 10.9. The van der Waals surface area contributed by atoms with Crippen LogP contribution in [0.1, 0.15) is 30.5 Å². The quantitative estimate of drug-likeness (QED) is 0.795. The van der Waals surface area contributed by atoms with Crippen LogP contribution < -0.4 is 9.47 Å². The second-order valence-electron chi connectivity index (χ2n) is 6.67. The van der Waals surface area contributed by atoms with E-state index in [0.717, 1.165) is 29.9 Å². The number of phenols is 1. The van der Waals surface area contributed by atoms with Crippen LogP contribution in [0.4, 0.5) is 0 Å². The van der Waals surface area contributed by atoms with Crippen LogP contribution in [0.25, 0.3) is 0 Å². The molecule has 0 heterocycles. The van der Waals surface area contributed by atoms with Crippen molar-refractivity contribution < 1.29 is 14.6 Å². The molecular weight excluding hydrogens is 300 g/mol. The number of methoxy groups -OCH3 is 2. The van der Waals surface area contributed by atoms with E-state index in [9.17, 15) is 5.11 Å². The number of phenolic OH excluding ortho intramolecular Hbond substituents is 1. The highest BCUT2D eigenvalue weighted by Crippen LogP contribution is 2.30. The number of aryl methyl sites for hydroxylation is 1. The molecule has 0 spiro atoms. The van der Waals surface area contributed by atoms with Crippen LogP contribution in [0, 0.1) is 18.8 Å². The highest BCUT2D eigenvalue weighted by atomic mass is 16.5. The van der Waals surface area contributed by atoms with Crippen molar-refractivity contribution in [3.8, 4) is 17.2 Å². The summed E-state index contributed by atoms with van der Waals surface area (Å²) >= 11 is 0. The summed E-state index contributed by atoms with van der Waals surface area (Å²) in [7, 11) is 3.37. The Morgan fingerprint density at radius 2 is 1.33 bits per heavy atom. The molecule has 0 bridgehead atoms. The lowest BCUT2D eigenvalue weighted by Crippen LogP contribution is -2.14. The van der Waals surface area contributed by atoms with Crippen LogP contribution in [-0.2, 0) is 12.8 Å². The van der Waals surface area contributed by atoms with Crippen molar-refractivity contribution in [1.82, 2.24) is 0 Å². The minimum absolute atomic E-state index is 0.237. The Hall–Kier alpha value is -2.16. The Morgan fingerprint density at radius 1 is 0.833 bits per heavy atom. The Bertz CT molecular complexity index is 619. The van der Waals surface area contributed by atoms with Gasteiger partial charge in [-0.25, -0.2) is 0 Å². The molecule has 0 unspecified atom stereocenters. The molecule has 0 aromatic heterocycles. The fraction of sp³-hybridized carbons (Fsp3) is 0.429. The maximum absolute atomic E-state index is 9.59. The summed E-state index contributed by atoms with van der Waals surface area (Å²) in [6.07, 6.45) is 1.89. The van der Waals surface area contributed by atoms with E-state index < -0.39 is 0 Å². The largest absolute Gasteiger partial charge is 0.508 e. The third kappa shape index (κ3) is 4.44. The van der Waals surface area contributed by atoms with E-state index in [4.69, 9.17) is 9.47 Å². The molecule has 2 atom stereocenters. The first-order chi connectivity index (χ1) is 11.4. The lowest BCUT2D eigenvalue weighted by atomic mass is 9.85. The Morgan fingerprint density at radius 3 is 1.88 bits per heavy atom. The molecule has 0 aliphatic rings. The number of rotatable bonds is 7. The first-order valence-electron chi connectivity index (χ1n) is 8.44. The summed E-state index contributed by atoms with van der Waals surface area (Å²) in [5.74, 6) is 2.94. The molecule has 0 saturated carbocycles. The van der Waals surface area contributed by atoms with Crippen molar-refractivity contribution in [2.75, 3.05) is 14.2 Å². The number of hydrogen-bond acceptors (Lipinski definition) is 3. The predicted octanol–water partition coefficient (Wildman–Crippen LogP) is 4.78. The minimum Gasteiger partial charge on any atom is -0.508 e. The van der Waals surface area contributed by atoms with Gasteiger partial charge in [-0.05, 0) is 60.4 Å². The third-order valence-corrected chi connectivity index (χ3v) is 4.77. The SMILES string of the molecule is COc1cc(C)ccc1C[C@@H](C)[C@H](C)Cc1ccc(O)cc1OC. The monoisotopic (exact) mass is 328 g/mol. The highest BCUT2D eigenvalue weighted by Gasteiger charge is 2.17.